The van der Waals surface area contributed by atoms with Crippen LogP contribution in [0.4, 0.5) is 0 Å². The predicted molar refractivity (Wildman–Crippen MR) is 183 cm³/mol. The highest BCUT2D eigenvalue weighted by Gasteiger charge is 2.31. The molecule has 2 aliphatic heterocycles. The highest BCUT2D eigenvalue weighted by atomic mass is 32.2. The minimum Gasteiger partial charge on any atom is -0.486 e. The van der Waals surface area contributed by atoms with Crippen LogP contribution in [0.3, 0.4) is 0 Å². The van der Waals surface area contributed by atoms with E-state index in [0.29, 0.717) is 43.3 Å². The first-order chi connectivity index (χ1) is 23.0. The van der Waals surface area contributed by atoms with Crippen molar-refractivity contribution in [3.8, 4) is 11.5 Å². The molecule has 2 aromatic rings. The summed E-state index contributed by atoms with van der Waals surface area (Å²) in [4.78, 5) is 69.6. The molecule has 1 fully saturated rings. The van der Waals surface area contributed by atoms with Gasteiger partial charge in [-0.15, -0.1) is 11.8 Å². The van der Waals surface area contributed by atoms with E-state index < -0.39 is 47.8 Å². The Bertz CT molecular complexity index is 1440. The molecule has 2 aromatic carbocycles. The highest BCUT2D eigenvalue weighted by Crippen LogP contribution is 2.34. The SMILES string of the molecule is CC[C@H]1CN(C(=O)CCSc2ccc3c(c2)OCCO3)CC(=O)N[C@H](C)C(=O)N[C@@H](CC(C)C)C(=O)N[C@@H](Cc2ccccc2)C(=O)N1. The first-order valence-electron chi connectivity index (χ1n) is 16.6. The summed E-state index contributed by atoms with van der Waals surface area (Å²) in [5, 5.41) is 11.3. The maximum absolute atomic E-state index is 13.8. The molecule has 4 atom stereocenters. The fourth-order valence-electron chi connectivity index (χ4n) is 5.48. The average molecular weight is 682 g/mol. The second kappa shape index (κ2) is 17.8. The second-order valence-electron chi connectivity index (χ2n) is 12.5. The van der Waals surface area contributed by atoms with Crippen molar-refractivity contribution in [3.63, 3.8) is 0 Å². The smallest absolute Gasteiger partial charge is 0.243 e. The van der Waals surface area contributed by atoms with Gasteiger partial charge >= 0.3 is 0 Å². The summed E-state index contributed by atoms with van der Waals surface area (Å²) < 4.78 is 11.2. The zero-order chi connectivity index (χ0) is 34.6. The first-order valence-corrected chi connectivity index (χ1v) is 17.6. The van der Waals surface area contributed by atoms with E-state index in [9.17, 15) is 24.0 Å². The van der Waals surface area contributed by atoms with E-state index in [1.807, 2.05) is 69.3 Å². The number of nitrogens with one attached hydrogen (secondary N) is 4. The Balaban J connectivity index is 1.53. The Morgan fingerprint density at radius 1 is 0.896 bits per heavy atom. The number of nitrogens with zero attached hydrogens (tertiary/aromatic N) is 1. The van der Waals surface area contributed by atoms with Crippen LogP contribution in [0, 0.1) is 5.92 Å². The van der Waals surface area contributed by atoms with E-state index in [1.165, 1.54) is 23.6 Å². The van der Waals surface area contributed by atoms with Crippen molar-refractivity contribution in [1.82, 2.24) is 26.2 Å². The van der Waals surface area contributed by atoms with E-state index in [1.54, 1.807) is 0 Å². The van der Waals surface area contributed by atoms with Gasteiger partial charge in [0.15, 0.2) is 11.5 Å². The molecular weight excluding hydrogens is 634 g/mol. The maximum atomic E-state index is 13.8. The highest BCUT2D eigenvalue weighted by molar-refractivity contribution is 7.99. The topological polar surface area (TPSA) is 155 Å². The molecule has 0 bridgehead atoms. The minimum absolute atomic E-state index is 0.0613. The zero-order valence-electron chi connectivity index (χ0n) is 28.1. The lowest BCUT2D eigenvalue weighted by atomic mass is 10.0. The lowest BCUT2D eigenvalue weighted by Crippen LogP contribution is -2.57. The number of carbonyl (C=O) groups is 5. The number of benzene rings is 2. The molecule has 0 aliphatic carbocycles. The standard InChI is InChI=1S/C35H47N5O7S/c1-5-25-20-40(32(42)13-16-48-26-11-12-29-30(19-26)47-15-14-46-29)21-31(41)36-23(4)33(43)38-27(17-22(2)3)35(45)39-28(34(44)37-25)18-24-9-7-6-8-10-24/h6-12,19,22-23,25,27-28H,5,13-18,20-21H2,1-4H3,(H,36,41)(H,37,44)(H,38,43)(H,39,45)/t23-,25+,27+,28+/m1/s1. The summed E-state index contributed by atoms with van der Waals surface area (Å²) in [5.74, 6) is -0.369. The monoisotopic (exact) mass is 681 g/mol. The molecule has 48 heavy (non-hydrogen) atoms. The number of carbonyl (C=O) groups excluding carboxylic acids is 5. The van der Waals surface area contributed by atoms with Crippen LogP contribution in [0.5, 0.6) is 11.5 Å². The summed E-state index contributed by atoms with van der Waals surface area (Å²) in [7, 11) is 0. The molecule has 12 nitrogen and oxygen atoms in total. The van der Waals surface area contributed by atoms with Crippen LogP contribution >= 0.6 is 11.8 Å². The molecule has 5 amide bonds. The fraction of sp³-hybridized carbons (Fsp3) is 0.514. The molecule has 260 valence electrons. The van der Waals surface area contributed by atoms with Crippen LogP contribution in [0.25, 0.3) is 0 Å². The molecule has 1 saturated heterocycles. The number of hydrogen-bond acceptors (Lipinski definition) is 8. The van der Waals surface area contributed by atoms with Crippen molar-refractivity contribution in [2.75, 3.05) is 32.1 Å². The molecule has 0 spiro atoms. The van der Waals surface area contributed by atoms with E-state index in [0.717, 1.165) is 10.5 Å². The van der Waals surface area contributed by atoms with Crippen LogP contribution in [-0.4, -0.2) is 90.7 Å². The third kappa shape index (κ3) is 10.9. The van der Waals surface area contributed by atoms with Crippen molar-refractivity contribution in [2.45, 2.75) is 82.4 Å². The van der Waals surface area contributed by atoms with E-state index in [-0.39, 0.29) is 37.8 Å². The lowest BCUT2D eigenvalue weighted by molar-refractivity contribution is -0.137. The van der Waals surface area contributed by atoms with Crippen LogP contribution in [0.1, 0.15) is 52.5 Å². The Labute approximate surface area is 286 Å². The molecule has 2 aliphatic rings. The number of hydrogen-bond donors (Lipinski definition) is 4. The van der Waals surface area contributed by atoms with E-state index >= 15 is 0 Å². The van der Waals surface area contributed by atoms with Gasteiger partial charge in [0.05, 0.1) is 6.54 Å². The van der Waals surface area contributed by atoms with E-state index in [4.69, 9.17) is 9.47 Å². The summed E-state index contributed by atoms with van der Waals surface area (Å²) >= 11 is 1.48. The maximum Gasteiger partial charge on any atom is 0.243 e. The Kier molecular flexibility index (Phi) is 13.5. The Morgan fingerprint density at radius 2 is 1.58 bits per heavy atom. The van der Waals surface area contributed by atoms with Gasteiger partial charge in [0.25, 0.3) is 0 Å². The largest absolute Gasteiger partial charge is 0.486 e. The first kappa shape index (κ1) is 36.6. The van der Waals surface area contributed by atoms with Crippen molar-refractivity contribution < 1.29 is 33.4 Å². The molecule has 0 radical (unpaired) electrons. The summed E-state index contributed by atoms with van der Waals surface area (Å²) in [5.41, 5.74) is 0.851. The average Bonchev–Trinajstić information content (AvgIpc) is 3.06. The van der Waals surface area contributed by atoms with E-state index in [2.05, 4.69) is 21.3 Å². The molecule has 2 heterocycles. The van der Waals surface area contributed by atoms with Crippen molar-refractivity contribution >= 4 is 41.3 Å². The molecule has 4 rings (SSSR count). The number of amides is 5. The van der Waals surface area contributed by atoms with Crippen molar-refractivity contribution in [2.24, 2.45) is 5.92 Å². The molecule has 13 heteroatoms. The molecular formula is C35H47N5O7S. The van der Waals surface area contributed by atoms with Crippen LogP contribution in [0.2, 0.25) is 0 Å². The van der Waals surface area contributed by atoms with Gasteiger partial charge in [-0.1, -0.05) is 51.1 Å². The minimum atomic E-state index is -0.963. The third-order valence-electron chi connectivity index (χ3n) is 8.09. The normalized spacial score (nSPS) is 22.5. The molecule has 0 unspecified atom stereocenters. The zero-order valence-corrected chi connectivity index (χ0v) is 28.9. The van der Waals surface area contributed by atoms with Gasteiger partial charge < -0.3 is 35.6 Å². The van der Waals surface area contributed by atoms with Crippen LogP contribution < -0.4 is 30.7 Å². The number of thioether (sulfide) groups is 1. The van der Waals surface area contributed by atoms with Crippen molar-refractivity contribution in [3.05, 3.63) is 54.1 Å². The predicted octanol–water partition coefficient (Wildman–Crippen LogP) is 2.44. The molecule has 0 saturated carbocycles. The third-order valence-corrected chi connectivity index (χ3v) is 9.09. The van der Waals surface area contributed by atoms with Crippen molar-refractivity contribution in [1.29, 1.82) is 0 Å². The summed E-state index contributed by atoms with van der Waals surface area (Å²) in [6.07, 6.45) is 1.17. The van der Waals surface area contributed by atoms with Gasteiger partial charge in [0, 0.05) is 36.1 Å². The fourth-order valence-corrected chi connectivity index (χ4v) is 6.35. The van der Waals surface area contributed by atoms with Gasteiger partial charge in [-0.05, 0) is 49.4 Å². The summed E-state index contributed by atoms with van der Waals surface area (Å²) in [6.45, 7) is 8.03. The van der Waals surface area contributed by atoms with Gasteiger partial charge in [-0.3, -0.25) is 24.0 Å². The lowest BCUT2D eigenvalue weighted by Gasteiger charge is -2.29. The number of ether oxygens (including phenoxy) is 2. The van der Waals surface area contributed by atoms with Gasteiger partial charge in [0.1, 0.15) is 31.3 Å². The second-order valence-corrected chi connectivity index (χ2v) is 13.7. The van der Waals surface area contributed by atoms with Gasteiger partial charge in [-0.25, -0.2) is 0 Å². The molecule has 0 aromatic heterocycles. The van der Waals surface area contributed by atoms with Crippen LogP contribution in [-0.2, 0) is 30.4 Å². The Hall–Kier alpha value is -4.26. The van der Waals surface area contributed by atoms with Crippen LogP contribution in [0.15, 0.2) is 53.4 Å². The summed E-state index contributed by atoms with van der Waals surface area (Å²) in [6, 6.07) is 11.7. The Morgan fingerprint density at radius 3 is 2.29 bits per heavy atom. The van der Waals surface area contributed by atoms with Gasteiger partial charge in [0.2, 0.25) is 29.5 Å². The van der Waals surface area contributed by atoms with Gasteiger partial charge in [-0.2, -0.15) is 0 Å². The molecule has 4 N–H and O–H groups in total. The number of rotatable bonds is 9. The number of fused-ring (bicyclic) bond motifs is 1. The quantitative estimate of drug-likeness (QED) is 0.295.